The molecule has 0 aliphatic carbocycles. The number of hydrogen-bond acceptors (Lipinski definition) is 3. The molecule has 4 nitrogen and oxygen atoms in total. The number of ether oxygens (including phenoxy) is 1. The van der Waals surface area contributed by atoms with E-state index in [1.54, 1.807) is 6.07 Å². The molecule has 0 aliphatic rings. The number of benzene rings is 1. The maximum Gasteiger partial charge on any atom is 0.258 e. The van der Waals surface area contributed by atoms with Crippen LogP contribution in [0.2, 0.25) is 0 Å². The third-order valence-electron chi connectivity index (χ3n) is 1.92. The van der Waals surface area contributed by atoms with Crippen molar-refractivity contribution in [2.75, 3.05) is 13.2 Å². The van der Waals surface area contributed by atoms with Gasteiger partial charge in [0.05, 0.1) is 6.54 Å². The molecule has 5 heteroatoms. The minimum absolute atomic E-state index is 0.138. The van der Waals surface area contributed by atoms with Gasteiger partial charge in [-0.25, -0.2) is 4.39 Å². The molecular formula is C12H13FN2O2. The number of halogens is 1. The molecule has 0 aromatic heterocycles. The molecule has 1 amide bonds. The van der Waals surface area contributed by atoms with Gasteiger partial charge in [0.25, 0.3) is 5.91 Å². The van der Waals surface area contributed by atoms with Crippen LogP contribution in [0.4, 0.5) is 4.39 Å². The molecule has 0 saturated carbocycles. The summed E-state index contributed by atoms with van der Waals surface area (Å²) in [6.07, 6.45) is 4.97. The predicted octanol–water partition coefficient (Wildman–Crippen LogP) is 0.413. The van der Waals surface area contributed by atoms with Crippen LogP contribution in [0.25, 0.3) is 0 Å². The minimum Gasteiger partial charge on any atom is -0.484 e. The lowest BCUT2D eigenvalue weighted by Crippen LogP contribution is -2.29. The third kappa shape index (κ3) is 4.53. The maximum atomic E-state index is 13.1. The second-order valence-electron chi connectivity index (χ2n) is 3.27. The van der Waals surface area contributed by atoms with Gasteiger partial charge in [-0.2, -0.15) is 0 Å². The highest BCUT2D eigenvalue weighted by Gasteiger charge is 2.04. The average molecular weight is 236 g/mol. The Kier molecular flexibility index (Phi) is 4.98. The first-order valence-corrected chi connectivity index (χ1v) is 4.98. The number of nitrogens with two attached hydrogens (primary N) is 1. The molecule has 0 fully saturated rings. The Hall–Kier alpha value is -2.06. The quantitative estimate of drug-likeness (QED) is 0.728. The van der Waals surface area contributed by atoms with Crippen LogP contribution in [-0.4, -0.2) is 19.1 Å². The number of rotatable bonds is 5. The van der Waals surface area contributed by atoms with Crippen molar-refractivity contribution >= 4 is 5.91 Å². The topological polar surface area (TPSA) is 64.3 Å². The summed E-state index contributed by atoms with van der Waals surface area (Å²) in [5.74, 6) is 1.71. The number of amides is 1. The molecule has 0 radical (unpaired) electrons. The van der Waals surface area contributed by atoms with E-state index < -0.39 is 5.82 Å². The molecule has 90 valence electrons. The fraction of sp³-hybridized carbons (Fsp3) is 0.250. The van der Waals surface area contributed by atoms with E-state index in [1.165, 1.54) is 12.1 Å². The summed E-state index contributed by atoms with van der Waals surface area (Å²) in [5, 5.41) is 2.43. The van der Waals surface area contributed by atoms with Crippen LogP contribution in [0.3, 0.4) is 0 Å². The molecule has 1 rings (SSSR count). The first-order valence-electron chi connectivity index (χ1n) is 4.98. The van der Waals surface area contributed by atoms with E-state index in [0.717, 1.165) is 0 Å². The van der Waals surface area contributed by atoms with E-state index in [4.69, 9.17) is 16.9 Å². The van der Waals surface area contributed by atoms with Crippen molar-refractivity contribution in [3.63, 3.8) is 0 Å². The molecule has 0 saturated heterocycles. The number of hydrogen-bond donors (Lipinski definition) is 2. The number of nitrogens with one attached hydrogen (secondary N) is 1. The summed E-state index contributed by atoms with van der Waals surface area (Å²) in [5.41, 5.74) is 5.99. The molecule has 0 bridgehead atoms. The van der Waals surface area contributed by atoms with Crippen LogP contribution in [0.15, 0.2) is 18.2 Å². The maximum absolute atomic E-state index is 13.1. The largest absolute Gasteiger partial charge is 0.484 e. The lowest BCUT2D eigenvalue weighted by Gasteiger charge is -2.07. The van der Waals surface area contributed by atoms with E-state index in [-0.39, 0.29) is 31.4 Å². The smallest absolute Gasteiger partial charge is 0.258 e. The van der Waals surface area contributed by atoms with Crippen molar-refractivity contribution in [1.82, 2.24) is 5.32 Å². The Morgan fingerprint density at radius 1 is 1.53 bits per heavy atom. The van der Waals surface area contributed by atoms with E-state index in [0.29, 0.717) is 5.56 Å². The van der Waals surface area contributed by atoms with Gasteiger partial charge in [-0.3, -0.25) is 4.79 Å². The van der Waals surface area contributed by atoms with Gasteiger partial charge in [-0.15, -0.1) is 6.42 Å². The standard InChI is InChI=1S/C12H13FN2O2/c1-2-3-15-12(16)8-17-11-5-9(7-14)4-10(13)6-11/h1,4-6H,3,7-8,14H2,(H,15,16). The Morgan fingerprint density at radius 2 is 2.29 bits per heavy atom. The fourth-order valence-corrected chi connectivity index (χ4v) is 1.17. The zero-order valence-electron chi connectivity index (χ0n) is 9.20. The summed E-state index contributed by atoms with van der Waals surface area (Å²) in [7, 11) is 0. The second kappa shape index (κ2) is 6.51. The summed E-state index contributed by atoms with van der Waals surface area (Å²) >= 11 is 0. The molecule has 0 aliphatic heterocycles. The van der Waals surface area contributed by atoms with Crippen molar-refractivity contribution in [3.05, 3.63) is 29.6 Å². The van der Waals surface area contributed by atoms with Gasteiger partial charge >= 0.3 is 0 Å². The molecule has 0 heterocycles. The van der Waals surface area contributed by atoms with Gasteiger partial charge in [-0.1, -0.05) is 5.92 Å². The molecule has 1 aromatic carbocycles. The van der Waals surface area contributed by atoms with E-state index in [1.807, 2.05) is 0 Å². The fourth-order valence-electron chi connectivity index (χ4n) is 1.17. The number of carbonyl (C=O) groups excluding carboxylic acids is 1. The first kappa shape index (κ1) is 13.0. The highest BCUT2D eigenvalue weighted by atomic mass is 19.1. The second-order valence-corrected chi connectivity index (χ2v) is 3.27. The molecular weight excluding hydrogens is 223 g/mol. The Labute approximate surface area is 99.0 Å². The third-order valence-corrected chi connectivity index (χ3v) is 1.92. The SMILES string of the molecule is C#CCNC(=O)COc1cc(F)cc(CN)c1. The van der Waals surface area contributed by atoms with Crippen molar-refractivity contribution < 1.29 is 13.9 Å². The molecule has 0 atom stereocenters. The van der Waals surface area contributed by atoms with Gasteiger partial charge in [-0.05, 0) is 17.7 Å². The van der Waals surface area contributed by atoms with Gasteiger partial charge in [0.2, 0.25) is 0 Å². The average Bonchev–Trinajstić information content (AvgIpc) is 2.33. The number of terminal acetylenes is 1. The highest BCUT2D eigenvalue weighted by Crippen LogP contribution is 2.15. The van der Waals surface area contributed by atoms with E-state index in [9.17, 15) is 9.18 Å². The Bertz CT molecular complexity index is 441. The molecule has 0 unspecified atom stereocenters. The van der Waals surface area contributed by atoms with Crippen LogP contribution < -0.4 is 15.8 Å². The number of carbonyl (C=O) groups is 1. The predicted molar refractivity (Wildman–Crippen MR) is 61.6 cm³/mol. The normalized spacial score (nSPS) is 9.47. The van der Waals surface area contributed by atoms with Crippen LogP contribution in [0.1, 0.15) is 5.56 Å². The molecule has 1 aromatic rings. The Morgan fingerprint density at radius 3 is 2.94 bits per heavy atom. The van der Waals surface area contributed by atoms with Crippen molar-refractivity contribution in [1.29, 1.82) is 0 Å². The van der Waals surface area contributed by atoms with Crippen molar-refractivity contribution in [2.45, 2.75) is 6.54 Å². The van der Waals surface area contributed by atoms with Gasteiger partial charge in [0.1, 0.15) is 11.6 Å². The van der Waals surface area contributed by atoms with E-state index >= 15 is 0 Å². The van der Waals surface area contributed by atoms with Crippen LogP contribution in [0.5, 0.6) is 5.75 Å². The highest BCUT2D eigenvalue weighted by molar-refractivity contribution is 5.77. The lowest BCUT2D eigenvalue weighted by atomic mass is 10.2. The molecule has 0 spiro atoms. The molecule has 3 N–H and O–H groups in total. The van der Waals surface area contributed by atoms with Crippen molar-refractivity contribution in [2.24, 2.45) is 5.73 Å². The zero-order chi connectivity index (χ0) is 12.7. The first-order chi connectivity index (χ1) is 8.15. The van der Waals surface area contributed by atoms with Crippen LogP contribution in [-0.2, 0) is 11.3 Å². The van der Waals surface area contributed by atoms with Crippen LogP contribution in [0, 0.1) is 18.2 Å². The van der Waals surface area contributed by atoms with Crippen LogP contribution >= 0.6 is 0 Å². The lowest BCUT2D eigenvalue weighted by molar-refractivity contribution is -0.122. The minimum atomic E-state index is -0.452. The zero-order valence-corrected chi connectivity index (χ0v) is 9.20. The Balaban J connectivity index is 2.54. The molecule has 17 heavy (non-hydrogen) atoms. The van der Waals surface area contributed by atoms with Gasteiger partial charge in [0.15, 0.2) is 6.61 Å². The summed E-state index contributed by atoms with van der Waals surface area (Å²) in [4.78, 5) is 11.2. The summed E-state index contributed by atoms with van der Waals surface area (Å²) < 4.78 is 18.2. The van der Waals surface area contributed by atoms with Gasteiger partial charge < -0.3 is 15.8 Å². The monoisotopic (exact) mass is 236 g/mol. The van der Waals surface area contributed by atoms with Gasteiger partial charge in [0, 0.05) is 12.6 Å². The van der Waals surface area contributed by atoms with E-state index in [2.05, 4.69) is 11.2 Å². The van der Waals surface area contributed by atoms with Crippen molar-refractivity contribution in [3.8, 4) is 18.1 Å². The summed E-state index contributed by atoms with van der Waals surface area (Å²) in [6.45, 7) is 0.131. The summed E-state index contributed by atoms with van der Waals surface area (Å²) in [6, 6.07) is 4.08.